The molecule has 0 bridgehead atoms. The highest BCUT2D eigenvalue weighted by molar-refractivity contribution is 7.11. The summed E-state index contributed by atoms with van der Waals surface area (Å²) in [5, 5.41) is 11.2. The van der Waals surface area contributed by atoms with E-state index in [1.807, 2.05) is 0 Å². The molecule has 3 heterocycles. The van der Waals surface area contributed by atoms with Gasteiger partial charge in [-0.1, -0.05) is 170 Å². The van der Waals surface area contributed by atoms with Gasteiger partial charge in [0.05, 0.1) is 11.0 Å². The van der Waals surface area contributed by atoms with Crippen molar-refractivity contribution < 1.29 is 4.42 Å². The van der Waals surface area contributed by atoms with Crippen molar-refractivity contribution in [1.29, 1.82) is 0 Å². The van der Waals surface area contributed by atoms with E-state index >= 15 is 0 Å². The summed E-state index contributed by atoms with van der Waals surface area (Å²) in [6.45, 7) is 0. The molecule has 0 radical (unpaired) electrons. The van der Waals surface area contributed by atoms with Crippen molar-refractivity contribution in [1.82, 2.24) is 8.80 Å². The average molecular weight is 757 g/mol. The SMILES string of the molecule is c1ccc([Si](c2ccccc2)(c2ccccc2-c2cccc3oc4ccccc4c23)n2c3ccccc3c3cc(-n4c5ccccc5c5ccccc54)ccc32)cc1. The first-order valence-corrected chi connectivity index (χ1v) is 21.9. The molecular formula is C54H36N2OSi. The molecule has 0 amide bonds. The maximum absolute atomic E-state index is 6.50. The van der Waals surface area contributed by atoms with Crippen LogP contribution in [-0.4, -0.2) is 17.0 Å². The number of benzene rings is 9. The number of hydrogen-bond donors (Lipinski definition) is 0. The summed E-state index contributed by atoms with van der Waals surface area (Å²) in [5.74, 6) is 0. The second-order valence-electron chi connectivity index (χ2n) is 15.2. The summed E-state index contributed by atoms with van der Waals surface area (Å²) in [4.78, 5) is 0. The van der Waals surface area contributed by atoms with Crippen molar-refractivity contribution in [2.45, 2.75) is 0 Å². The lowest BCUT2D eigenvalue weighted by Crippen LogP contribution is -2.72. The standard InChI is InChI=1S/C54H36N2OSi/c1-3-18-38(19-4-1)58(39-20-5-2-6-21-39,53-33-16-11-25-43(53)44-27-17-32-52-54(44)45-26-10-15-31-51(45)57-52)56-49-30-14-9-24-42(49)46-36-37(34-35-50(46)56)55-47-28-12-7-22-40(47)41-23-8-13-29-48(41)55/h1-36H. The van der Waals surface area contributed by atoms with Gasteiger partial charge in [0.15, 0.2) is 0 Å². The van der Waals surface area contributed by atoms with Crippen LogP contribution in [0.2, 0.25) is 0 Å². The van der Waals surface area contributed by atoms with Gasteiger partial charge in [-0.15, -0.1) is 0 Å². The van der Waals surface area contributed by atoms with E-state index in [1.54, 1.807) is 0 Å². The Bertz CT molecular complexity index is 3430. The van der Waals surface area contributed by atoms with E-state index in [4.69, 9.17) is 4.42 Å². The normalized spacial score (nSPS) is 12.1. The minimum Gasteiger partial charge on any atom is -0.456 e. The number of furan rings is 1. The van der Waals surface area contributed by atoms with Gasteiger partial charge in [0.1, 0.15) is 11.2 Å². The summed E-state index contributed by atoms with van der Waals surface area (Å²) in [7, 11) is -3.23. The molecule has 0 aliphatic rings. The van der Waals surface area contributed by atoms with Crippen LogP contribution in [0.3, 0.4) is 0 Å². The number of nitrogens with zero attached hydrogens (tertiary/aromatic N) is 2. The summed E-state index contributed by atoms with van der Waals surface area (Å²) < 4.78 is 11.7. The molecule has 3 aromatic heterocycles. The Morgan fingerprint density at radius 3 is 1.53 bits per heavy atom. The Labute approximate surface area is 336 Å². The Kier molecular flexibility index (Phi) is 7.25. The molecule has 272 valence electrons. The molecule has 0 atom stereocenters. The van der Waals surface area contributed by atoms with Gasteiger partial charge in [-0.2, -0.15) is 0 Å². The van der Waals surface area contributed by atoms with Crippen LogP contribution in [0, 0.1) is 0 Å². The van der Waals surface area contributed by atoms with Crippen LogP contribution in [0.25, 0.3) is 82.4 Å². The fraction of sp³-hybridized carbons (Fsp3) is 0. The zero-order valence-corrected chi connectivity index (χ0v) is 32.6. The molecular weight excluding hydrogens is 721 g/mol. The summed E-state index contributed by atoms with van der Waals surface area (Å²) in [6.07, 6.45) is 0. The van der Waals surface area contributed by atoms with E-state index in [0.717, 1.165) is 27.6 Å². The fourth-order valence-electron chi connectivity index (χ4n) is 9.91. The van der Waals surface area contributed by atoms with Crippen molar-refractivity contribution in [3.8, 4) is 16.8 Å². The van der Waals surface area contributed by atoms with Crippen molar-refractivity contribution in [2.24, 2.45) is 0 Å². The van der Waals surface area contributed by atoms with Gasteiger partial charge in [-0.25, -0.2) is 0 Å². The first-order valence-electron chi connectivity index (χ1n) is 19.9. The van der Waals surface area contributed by atoms with E-state index in [-0.39, 0.29) is 0 Å². The topological polar surface area (TPSA) is 23.0 Å². The van der Waals surface area contributed by atoms with Crippen LogP contribution in [0.15, 0.2) is 223 Å². The van der Waals surface area contributed by atoms with Crippen molar-refractivity contribution in [2.75, 3.05) is 0 Å². The second kappa shape index (κ2) is 12.8. The van der Waals surface area contributed by atoms with Gasteiger partial charge in [-0.3, -0.25) is 0 Å². The summed E-state index contributed by atoms with van der Waals surface area (Å²) >= 11 is 0. The first kappa shape index (κ1) is 32.8. The fourth-order valence-corrected chi connectivity index (χ4v) is 15.0. The molecule has 0 aliphatic carbocycles. The highest BCUT2D eigenvalue weighted by Crippen LogP contribution is 2.40. The number of para-hydroxylation sites is 4. The number of fused-ring (bicyclic) bond motifs is 9. The minimum atomic E-state index is -3.23. The third-order valence-corrected chi connectivity index (χ3v) is 16.9. The first-order chi connectivity index (χ1) is 28.8. The monoisotopic (exact) mass is 756 g/mol. The minimum absolute atomic E-state index is 0.898. The molecule has 9 aromatic carbocycles. The molecule has 0 N–H and O–H groups in total. The molecule has 0 fully saturated rings. The molecule has 58 heavy (non-hydrogen) atoms. The Hall–Kier alpha value is -7.40. The summed E-state index contributed by atoms with van der Waals surface area (Å²) in [5.41, 5.74) is 10.2. The molecule has 0 saturated heterocycles. The molecule has 3 nitrogen and oxygen atoms in total. The van der Waals surface area contributed by atoms with Crippen molar-refractivity contribution in [3.63, 3.8) is 0 Å². The van der Waals surface area contributed by atoms with E-state index in [0.29, 0.717) is 0 Å². The van der Waals surface area contributed by atoms with Gasteiger partial charge in [0.2, 0.25) is 0 Å². The van der Waals surface area contributed by atoms with Gasteiger partial charge < -0.3 is 13.2 Å². The number of hydrogen-bond acceptors (Lipinski definition) is 1. The van der Waals surface area contributed by atoms with Crippen molar-refractivity contribution >= 4 is 89.3 Å². The Balaban J connectivity index is 1.23. The molecule has 0 spiro atoms. The molecule has 0 saturated carbocycles. The third-order valence-electron chi connectivity index (χ3n) is 12.2. The van der Waals surface area contributed by atoms with Crippen LogP contribution < -0.4 is 15.6 Å². The van der Waals surface area contributed by atoms with Crippen molar-refractivity contribution in [3.05, 3.63) is 218 Å². The van der Waals surface area contributed by atoms with Crippen LogP contribution in [0.4, 0.5) is 0 Å². The summed E-state index contributed by atoms with van der Waals surface area (Å²) in [6, 6.07) is 80.3. The zero-order chi connectivity index (χ0) is 38.2. The predicted molar refractivity (Wildman–Crippen MR) is 246 cm³/mol. The van der Waals surface area contributed by atoms with Crippen LogP contribution in [0.5, 0.6) is 0 Å². The smallest absolute Gasteiger partial charge is 0.258 e. The molecule has 0 aliphatic heterocycles. The zero-order valence-electron chi connectivity index (χ0n) is 31.6. The van der Waals surface area contributed by atoms with Crippen LogP contribution in [0.1, 0.15) is 0 Å². The van der Waals surface area contributed by atoms with Gasteiger partial charge >= 0.3 is 0 Å². The lowest BCUT2D eigenvalue weighted by atomic mass is 9.99. The number of rotatable bonds is 6. The molecule has 0 unspecified atom stereocenters. The van der Waals surface area contributed by atoms with Crippen LogP contribution >= 0.6 is 0 Å². The van der Waals surface area contributed by atoms with E-state index < -0.39 is 8.24 Å². The quantitative estimate of drug-likeness (QED) is 0.122. The maximum Gasteiger partial charge on any atom is 0.258 e. The van der Waals surface area contributed by atoms with E-state index in [2.05, 4.69) is 227 Å². The lowest BCUT2D eigenvalue weighted by Gasteiger charge is -2.38. The Morgan fingerprint density at radius 1 is 0.345 bits per heavy atom. The second-order valence-corrected chi connectivity index (χ2v) is 18.8. The average Bonchev–Trinajstić information content (AvgIpc) is 3.96. The lowest BCUT2D eigenvalue weighted by molar-refractivity contribution is 0.669. The number of aromatic nitrogens is 2. The predicted octanol–water partition coefficient (Wildman–Crippen LogP) is 12.0. The van der Waals surface area contributed by atoms with Gasteiger partial charge in [-0.05, 0) is 75.2 Å². The molecule has 12 rings (SSSR count). The largest absolute Gasteiger partial charge is 0.456 e. The molecule has 4 heteroatoms. The molecule has 12 aromatic rings. The van der Waals surface area contributed by atoms with Crippen LogP contribution in [-0.2, 0) is 0 Å². The highest BCUT2D eigenvalue weighted by atomic mass is 28.3. The Morgan fingerprint density at radius 2 is 0.845 bits per heavy atom. The third kappa shape index (κ3) is 4.61. The van der Waals surface area contributed by atoms with E-state index in [9.17, 15) is 0 Å². The maximum atomic E-state index is 6.50. The highest BCUT2D eigenvalue weighted by Gasteiger charge is 2.46. The van der Waals surface area contributed by atoms with Gasteiger partial charge in [0, 0.05) is 49.0 Å². The van der Waals surface area contributed by atoms with E-state index in [1.165, 1.54) is 70.3 Å². The van der Waals surface area contributed by atoms with Gasteiger partial charge in [0.25, 0.3) is 8.24 Å².